The van der Waals surface area contributed by atoms with Gasteiger partial charge in [-0.05, 0) is 37.3 Å². The fourth-order valence-electron chi connectivity index (χ4n) is 1.60. The first-order chi connectivity index (χ1) is 9.83. The molecule has 0 aliphatic heterocycles. The summed E-state index contributed by atoms with van der Waals surface area (Å²) in [6.45, 7) is 1.66. The lowest BCUT2D eigenvalue weighted by molar-refractivity contribution is 0.475. The van der Waals surface area contributed by atoms with Crippen molar-refractivity contribution in [1.82, 2.24) is 4.98 Å². The largest absolute Gasteiger partial charge is 0.504 e. The summed E-state index contributed by atoms with van der Waals surface area (Å²) < 4.78 is 26.7. The highest BCUT2D eigenvalue weighted by atomic mass is 35.5. The molecule has 0 saturated heterocycles. The number of aromatic hydroxyl groups is 1. The van der Waals surface area contributed by atoms with Gasteiger partial charge in [-0.15, -0.1) is 0 Å². The van der Waals surface area contributed by atoms with Gasteiger partial charge in [-0.25, -0.2) is 13.4 Å². The Morgan fingerprint density at radius 2 is 2.05 bits per heavy atom. The van der Waals surface area contributed by atoms with Crippen molar-refractivity contribution >= 4 is 27.4 Å². The number of aromatic nitrogens is 1. The molecule has 21 heavy (non-hydrogen) atoms. The van der Waals surface area contributed by atoms with Gasteiger partial charge in [0.1, 0.15) is 4.90 Å². The molecule has 0 saturated carbocycles. The van der Waals surface area contributed by atoms with Crippen LogP contribution in [0.1, 0.15) is 11.3 Å². The number of hydrogen-bond acceptors (Lipinski definition) is 5. The normalized spacial score (nSPS) is 10.9. The van der Waals surface area contributed by atoms with Crippen LogP contribution in [0.3, 0.4) is 0 Å². The van der Waals surface area contributed by atoms with Crippen LogP contribution >= 0.6 is 11.6 Å². The zero-order valence-corrected chi connectivity index (χ0v) is 12.4. The summed E-state index contributed by atoms with van der Waals surface area (Å²) in [4.78, 5) is 3.71. The van der Waals surface area contributed by atoms with Crippen molar-refractivity contribution in [2.45, 2.75) is 11.8 Å². The highest BCUT2D eigenvalue weighted by molar-refractivity contribution is 7.92. The molecule has 2 aromatic rings. The van der Waals surface area contributed by atoms with Crippen molar-refractivity contribution in [3.63, 3.8) is 0 Å². The summed E-state index contributed by atoms with van der Waals surface area (Å²) in [6, 6.07) is 8.54. The number of benzene rings is 1. The molecule has 1 heterocycles. The van der Waals surface area contributed by atoms with E-state index in [9.17, 15) is 13.5 Å². The van der Waals surface area contributed by atoms with Crippen molar-refractivity contribution in [2.75, 3.05) is 4.72 Å². The fraction of sp³-hybridized carbons (Fsp3) is 0.0769. The summed E-state index contributed by atoms with van der Waals surface area (Å²) in [6.07, 6.45) is 0. The lowest BCUT2D eigenvalue weighted by Crippen LogP contribution is -2.15. The average Bonchev–Trinajstić information content (AvgIpc) is 2.42. The van der Waals surface area contributed by atoms with E-state index in [0.717, 1.165) is 0 Å². The number of halogens is 1. The Balaban J connectivity index is 2.44. The van der Waals surface area contributed by atoms with Crippen molar-refractivity contribution in [1.29, 1.82) is 5.26 Å². The van der Waals surface area contributed by atoms with E-state index in [0.29, 0.717) is 5.69 Å². The van der Waals surface area contributed by atoms with Crippen LogP contribution < -0.4 is 4.72 Å². The molecule has 2 rings (SSSR count). The number of aryl methyl sites for hydroxylation is 1. The Kier molecular flexibility index (Phi) is 4.02. The Morgan fingerprint density at radius 1 is 1.33 bits per heavy atom. The zero-order valence-electron chi connectivity index (χ0n) is 10.8. The van der Waals surface area contributed by atoms with Crippen LogP contribution in [-0.4, -0.2) is 18.5 Å². The van der Waals surface area contributed by atoms with Crippen molar-refractivity contribution in [2.24, 2.45) is 0 Å². The van der Waals surface area contributed by atoms with E-state index in [1.807, 2.05) is 6.07 Å². The molecule has 0 atom stereocenters. The highest BCUT2D eigenvalue weighted by Crippen LogP contribution is 2.27. The molecule has 0 radical (unpaired) electrons. The Morgan fingerprint density at radius 3 is 2.67 bits per heavy atom. The molecule has 8 heteroatoms. The van der Waals surface area contributed by atoms with Gasteiger partial charge in [0.05, 0.1) is 16.7 Å². The van der Waals surface area contributed by atoms with Gasteiger partial charge in [0.25, 0.3) is 10.0 Å². The van der Waals surface area contributed by atoms with Gasteiger partial charge >= 0.3 is 0 Å². The minimum atomic E-state index is -4.02. The number of anilines is 1. The summed E-state index contributed by atoms with van der Waals surface area (Å²) in [7, 11) is -4.02. The van der Waals surface area contributed by atoms with E-state index in [1.165, 1.54) is 24.3 Å². The molecule has 1 aromatic heterocycles. The maximum Gasteiger partial charge on any atom is 0.264 e. The molecular formula is C13H10ClN3O3S. The number of nitriles is 1. The predicted molar refractivity (Wildman–Crippen MR) is 77.6 cm³/mol. The Bertz CT molecular complexity index is 844. The quantitative estimate of drug-likeness (QED) is 0.902. The van der Waals surface area contributed by atoms with Gasteiger partial charge in [0.2, 0.25) is 0 Å². The van der Waals surface area contributed by atoms with Crippen LogP contribution in [0.5, 0.6) is 5.75 Å². The second-order valence-corrected chi connectivity index (χ2v) is 6.24. The second-order valence-electron chi connectivity index (χ2n) is 4.18. The van der Waals surface area contributed by atoms with Gasteiger partial charge in [0, 0.05) is 5.69 Å². The number of nitrogens with zero attached hydrogens (tertiary/aromatic N) is 2. The summed E-state index contributed by atoms with van der Waals surface area (Å²) in [5, 5.41) is 18.3. The van der Waals surface area contributed by atoms with E-state index in [4.69, 9.17) is 16.9 Å². The third-order valence-corrected chi connectivity index (χ3v) is 4.42. The molecule has 0 amide bonds. The molecule has 0 spiro atoms. The number of hydrogen-bond donors (Lipinski definition) is 2. The van der Waals surface area contributed by atoms with Gasteiger partial charge in [-0.1, -0.05) is 11.6 Å². The van der Waals surface area contributed by atoms with Gasteiger partial charge in [-0.3, -0.25) is 4.72 Å². The van der Waals surface area contributed by atoms with E-state index < -0.39 is 10.0 Å². The van der Waals surface area contributed by atoms with E-state index >= 15 is 0 Å². The van der Waals surface area contributed by atoms with Crippen LogP contribution in [-0.2, 0) is 10.0 Å². The molecule has 0 fully saturated rings. The zero-order chi connectivity index (χ0) is 15.6. The van der Waals surface area contributed by atoms with Crippen LogP contribution in [0.2, 0.25) is 5.02 Å². The molecule has 0 aliphatic rings. The molecule has 0 bridgehead atoms. The maximum atomic E-state index is 12.3. The maximum absolute atomic E-state index is 12.3. The molecule has 2 N–H and O–H groups in total. The Labute approximate surface area is 126 Å². The Hall–Kier alpha value is -2.30. The molecule has 108 valence electrons. The minimum Gasteiger partial charge on any atom is -0.504 e. The van der Waals surface area contributed by atoms with Crippen LogP contribution in [0.25, 0.3) is 0 Å². The number of sulfonamides is 1. The van der Waals surface area contributed by atoms with Gasteiger partial charge < -0.3 is 5.11 Å². The fourth-order valence-corrected chi connectivity index (χ4v) is 3.16. The third-order valence-electron chi connectivity index (χ3n) is 2.59. The van der Waals surface area contributed by atoms with Crippen LogP contribution in [0, 0.1) is 18.3 Å². The smallest absolute Gasteiger partial charge is 0.264 e. The highest BCUT2D eigenvalue weighted by Gasteiger charge is 2.20. The molecule has 1 aromatic carbocycles. The summed E-state index contributed by atoms with van der Waals surface area (Å²) in [5.74, 6) is -0.482. The number of nitrogens with one attached hydrogen (secondary N) is 1. The number of pyridine rings is 1. The monoisotopic (exact) mass is 323 g/mol. The van der Waals surface area contributed by atoms with E-state index in [-0.39, 0.29) is 27.0 Å². The van der Waals surface area contributed by atoms with Gasteiger partial charge in [0.15, 0.2) is 11.6 Å². The average molecular weight is 324 g/mol. The van der Waals surface area contributed by atoms with Crippen LogP contribution in [0.15, 0.2) is 35.2 Å². The third kappa shape index (κ3) is 3.24. The molecule has 0 aliphatic carbocycles. The topological polar surface area (TPSA) is 103 Å². The number of rotatable bonds is 3. The SMILES string of the molecule is Cc1ccc(O)c(NS(=O)(=O)c2ccc(C#N)cc2Cl)n1. The first-order valence-corrected chi connectivity index (χ1v) is 7.58. The van der Waals surface area contributed by atoms with Crippen molar-refractivity contribution in [3.8, 4) is 11.8 Å². The minimum absolute atomic E-state index is 0.0892. The molecular weight excluding hydrogens is 314 g/mol. The van der Waals surface area contributed by atoms with Crippen molar-refractivity contribution < 1.29 is 13.5 Å². The molecule has 6 nitrogen and oxygen atoms in total. The predicted octanol–water partition coefficient (Wildman–Crippen LogP) is 2.42. The second kappa shape index (κ2) is 5.60. The van der Waals surface area contributed by atoms with Gasteiger partial charge in [-0.2, -0.15) is 5.26 Å². The lowest BCUT2D eigenvalue weighted by atomic mass is 10.2. The summed E-state index contributed by atoms with van der Waals surface area (Å²) >= 11 is 5.88. The lowest BCUT2D eigenvalue weighted by Gasteiger charge is -2.10. The van der Waals surface area contributed by atoms with Crippen molar-refractivity contribution in [3.05, 3.63) is 46.6 Å². The first kappa shape index (κ1) is 15.1. The first-order valence-electron chi connectivity index (χ1n) is 5.72. The standard InChI is InChI=1S/C13H10ClN3O3S/c1-8-2-4-11(18)13(16-8)17-21(19,20)12-5-3-9(7-15)6-10(12)14/h2-6,18H,1H3,(H,16,17). The van der Waals surface area contributed by atoms with E-state index in [1.54, 1.807) is 13.0 Å². The van der Waals surface area contributed by atoms with Crippen LogP contribution in [0.4, 0.5) is 5.82 Å². The summed E-state index contributed by atoms with van der Waals surface area (Å²) in [5.41, 5.74) is 0.784. The molecule has 0 unspecified atom stereocenters. The van der Waals surface area contributed by atoms with E-state index in [2.05, 4.69) is 9.71 Å².